The van der Waals surface area contributed by atoms with Gasteiger partial charge in [-0.15, -0.1) is 0 Å². The van der Waals surface area contributed by atoms with Crippen molar-refractivity contribution in [3.63, 3.8) is 0 Å². The van der Waals surface area contributed by atoms with E-state index in [2.05, 4.69) is 26.3 Å². The summed E-state index contributed by atoms with van der Waals surface area (Å²) >= 11 is 3.27. The van der Waals surface area contributed by atoms with Gasteiger partial charge < -0.3 is 5.73 Å². The van der Waals surface area contributed by atoms with Crippen molar-refractivity contribution in [1.29, 1.82) is 5.26 Å². The highest BCUT2D eigenvalue weighted by atomic mass is 79.9. The number of guanidine groups is 1. The number of hydrazine groups is 1. The lowest BCUT2D eigenvalue weighted by Gasteiger charge is -2.01. The quantitative estimate of drug-likeness (QED) is 0.297. The number of nitrogens with two attached hydrogens (primary N) is 2. The minimum Gasteiger partial charge on any atom is -0.369 e. The lowest BCUT2D eigenvalue weighted by Crippen LogP contribution is -2.36. The predicted molar refractivity (Wildman–Crippen MR) is 57.5 cm³/mol. The molecule has 0 atom stereocenters. The fourth-order valence-corrected chi connectivity index (χ4v) is 1.20. The summed E-state index contributed by atoms with van der Waals surface area (Å²) in [5.74, 6) is 5.10. The lowest BCUT2D eigenvalue weighted by molar-refractivity contribution is 1.01. The van der Waals surface area contributed by atoms with E-state index in [-0.39, 0.29) is 5.96 Å². The average molecular weight is 254 g/mol. The zero-order chi connectivity index (χ0) is 10.6. The first-order valence-corrected chi connectivity index (χ1v) is 4.47. The molecule has 0 amide bonds. The summed E-state index contributed by atoms with van der Waals surface area (Å²) in [7, 11) is 0. The molecule has 0 unspecified atom stereocenters. The molecule has 0 radical (unpaired) electrons. The van der Waals surface area contributed by atoms with Gasteiger partial charge in [0.2, 0.25) is 5.96 Å². The van der Waals surface area contributed by atoms with Crippen LogP contribution in [0.3, 0.4) is 0 Å². The van der Waals surface area contributed by atoms with Gasteiger partial charge in [0.15, 0.2) is 0 Å². The van der Waals surface area contributed by atoms with Crippen LogP contribution in [0.2, 0.25) is 0 Å². The first kappa shape index (κ1) is 10.5. The van der Waals surface area contributed by atoms with Gasteiger partial charge in [-0.05, 0) is 18.2 Å². The Labute approximate surface area is 89.5 Å². The molecule has 1 aromatic carbocycles. The van der Waals surface area contributed by atoms with Crippen LogP contribution in [0.1, 0.15) is 5.56 Å². The van der Waals surface area contributed by atoms with Crippen molar-refractivity contribution in [3.8, 4) is 6.07 Å². The van der Waals surface area contributed by atoms with Crippen molar-refractivity contribution < 1.29 is 0 Å². The van der Waals surface area contributed by atoms with Crippen LogP contribution in [-0.4, -0.2) is 5.96 Å². The van der Waals surface area contributed by atoms with E-state index in [0.29, 0.717) is 11.3 Å². The number of nitrogens with one attached hydrogen (secondary N) is 1. The van der Waals surface area contributed by atoms with E-state index in [1.54, 1.807) is 18.2 Å². The molecular weight excluding hydrogens is 246 g/mol. The first-order valence-electron chi connectivity index (χ1n) is 3.68. The van der Waals surface area contributed by atoms with Gasteiger partial charge in [-0.2, -0.15) is 5.26 Å². The molecule has 5 nitrogen and oxygen atoms in total. The van der Waals surface area contributed by atoms with Crippen molar-refractivity contribution in [2.45, 2.75) is 0 Å². The molecular formula is C8H8BrN5. The van der Waals surface area contributed by atoms with E-state index in [1.165, 1.54) is 0 Å². The fraction of sp³-hybridized carbons (Fsp3) is 0. The smallest absolute Gasteiger partial charge is 0.208 e. The molecule has 0 aromatic heterocycles. The van der Waals surface area contributed by atoms with Crippen LogP contribution in [0.4, 0.5) is 5.69 Å². The van der Waals surface area contributed by atoms with Gasteiger partial charge in [0.1, 0.15) is 6.07 Å². The standard InChI is InChI=1S/C8H8BrN5/c9-6-2-1-5(4-10)7(3-6)13-8(11)14-12/h1-3H,12H2,(H3,11,13,14). The van der Waals surface area contributed by atoms with Crippen molar-refractivity contribution in [2.75, 3.05) is 0 Å². The van der Waals surface area contributed by atoms with Crippen LogP contribution in [0.25, 0.3) is 0 Å². The maximum absolute atomic E-state index is 8.77. The Balaban J connectivity index is 3.19. The number of benzene rings is 1. The average Bonchev–Trinajstić information content (AvgIpc) is 2.18. The molecule has 0 saturated carbocycles. The summed E-state index contributed by atoms with van der Waals surface area (Å²) in [5.41, 5.74) is 8.46. The molecule has 0 bridgehead atoms. The van der Waals surface area contributed by atoms with Gasteiger partial charge in [0.25, 0.3) is 0 Å². The van der Waals surface area contributed by atoms with Crippen LogP contribution in [0, 0.1) is 11.3 Å². The molecule has 0 heterocycles. The molecule has 0 aliphatic carbocycles. The van der Waals surface area contributed by atoms with Crippen LogP contribution in [0.15, 0.2) is 27.7 Å². The van der Waals surface area contributed by atoms with Crippen molar-refractivity contribution >= 4 is 27.6 Å². The molecule has 5 N–H and O–H groups in total. The van der Waals surface area contributed by atoms with E-state index in [4.69, 9.17) is 16.8 Å². The summed E-state index contributed by atoms with van der Waals surface area (Å²) in [4.78, 5) is 3.91. The Kier molecular flexibility index (Phi) is 3.45. The predicted octanol–water partition coefficient (Wildman–Crippen LogP) is 0.730. The van der Waals surface area contributed by atoms with E-state index in [9.17, 15) is 0 Å². The van der Waals surface area contributed by atoms with Crippen LogP contribution in [-0.2, 0) is 0 Å². The van der Waals surface area contributed by atoms with Crippen molar-refractivity contribution in [1.82, 2.24) is 5.43 Å². The second-order valence-electron chi connectivity index (χ2n) is 2.41. The Morgan fingerprint density at radius 2 is 2.29 bits per heavy atom. The number of halogens is 1. The normalized spacial score (nSPS) is 10.8. The van der Waals surface area contributed by atoms with Gasteiger partial charge in [0.05, 0.1) is 11.3 Å². The largest absolute Gasteiger partial charge is 0.369 e. The maximum atomic E-state index is 8.77. The van der Waals surface area contributed by atoms with E-state index in [1.807, 2.05) is 6.07 Å². The molecule has 6 heteroatoms. The Morgan fingerprint density at radius 3 is 2.86 bits per heavy atom. The Bertz CT molecular complexity index is 407. The highest BCUT2D eigenvalue weighted by Gasteiger charge is 2.01. The second kappa shape index (κ2) is 4.60. The molecule has 0 saturated heterocycles. The van der Waals surface area contributed by atoms with Gasteiger partial charge in [0, 0.05) is 4.47 Å². The number of aliphatic imine (C=N–C) groups is 1. The Morgan fingerprint density at radius 1 is 1.57 bits per heavy atom. The SMILES string of the molecule is N#Cc1ccc(Br)cc1N=C(N)NN. The number of hydrogen-bond donors (Lipinski definition) is 3. The fourth-order valence-electron chi connectivity index (χ4n) is 0.854. The van der Waals surface area contributed by atoms with Gasteiger partial charge >= 0.3 is 0 Å². The summed E-state index contributed by atoms with van der Waals surface area (Å²) in [6.07, 6.45) is 0. The molecule has 1 rings (SSSR count). The number of hydrogen-bond acceptors (Lipinski definition) is 3. The zero-order valence-electron chi connectivity index (χ0n) is 7.16. The van der Waals surface area contributed by atoms with E-state index < -0.39 is 0 Å². The van der Waals surface area contributed by atoms with E-state index >= 15 is 0 Å². The maximum Gasteiger partial charge on any atom is 0.208 e. The van der Waals surface area contributed by atoms with Crippen molar-refractivity contribution in [3.05, 3.63) is 28.2 Å². The van der Waals surface area contributed by atoms with Crippen LogP contribution >= 0.6 is 15.9 Å². The third-order valence-electron chi connectivity index (χ3n) is 1.47. The number of rotatable bonds is 1. The van der Waals surface area contributed by atoms with Crippen LogP contribution in [0.5, 0.6) is 0 Å². The number of nitriles is 1. The lowest BCUT2D eigenvalue weighted by atomic mass is 10.2. The minimum absolute atomic E-state index is 0.0552. The molecule has 14 heavy (non-hydrogen) atoms. The molecule has 0 spiro atoms. The monoisotopic (exact) mass is 253 g/mol. The summed E-state index contributed by atoms with van der Waals surface area (Å²) in [5, 5.41) is 8.77. The Hall–Kier alpha value is -1.58. The summed E-state index contributed by atoms with van der Waals surface area (Å²) < 4.78 is 0.820. The van der Waals surface area contributed by atoms with Gasteiger partial charge in [-0.25, -0.2) is 10.8 Å². The zero-order valence-corrected chi connectivity index (χ0v) is 8.75. The highest BCUT2D eigenvalue weighted by Crippen LogP contribution is 2.23. The summed E-state index contributed by atoms with van der Waals surface area (Å²) in [6.45, 7) is 0. The highest BCUT2D eigenvalue weighted by molar-refractivity contribution is 9.10. The summed E-state index contributed by atoms with van der Waals surface area (Å²) in [6, 6.07) is 7.08. The topological polar surface area (TPSA) is 100 Å². The molecule has 0 aliphatic heterocycles. The minimum atomic E-state index is 0.0552. The van der Waals surface area contributed by atoms with Gasteiger partial charge in [-0.3, -0.25) is 5.43 Å². The van der Waals surface area contributed by atoms with Gasteiger partial charge in [-0.1, -0.05) is 15.9 Å². The van der Waals surface area contributed by atoms with E-state index in [0.717, 1.165) is 4.47 Å². The van der Waals surface area contributed by atoms with Crippen LogP contribution < -0.4 is 17.0 Å². The second-order valence-corrected chi connectivity index (χ2v) is 3.33. The molecule has 0 aliphatic rings. The third-order valence-corrected chi connectivity index (χ3v) is 1.96. The first-order chi connectivity index (χ1) is 6.67. The number of nitrogens with zero attached hydrogens (tertiary/aromatic N) is 2. The van der Waals surface area contributed by atoms with Crippen molar-refractivity contribution in [2.24, 2.45) is 16.6 Å². The molecule has 0 fully saturated rings. The third kappa shape index (κ3) is 2.45. The molecule has 72 valence electrons. The molecule has 1 aromatic rings.